The molecule has 0 heterocycles. The molecule has 106 valence electrons. The fourth-order valence-corrected chi connectivity index (χ4v) is 2.97. The molecule has 3 heteroatoms. The van der Waals surface area contributed by atoms with E-state index < -0.39 is 0 Å². The van der Waals surface area contributed by atoms with Crippen molar-refractivity contribution in [2.45, 2.75) is 71.8 Å². The first-order chi connectivity index (χ1) is 8.65. The Hall–Kier alpha value is -0.570. The van der Waals surface area contributed by atoms with Crippen LogP contribution in [0.2, 0.25) is 0 Å². The van der Waals surface area contributed by atoms with Gasteiger partial charge in [-0.15, -0.1) is 0 Å². The van der Waals surface area contributed by atoms with Crippen molar-refractivity contribution >= 4 is 5.91 Å². The Balaban J connectivity index is 2.83. The number of hydrogen-bond acceptors (Lipinski definition) is 2. The SMILES string of the molecule is CCCN(C(=O)C(CN)(CCC)CCC)C1CC1. The van der Waals surface area contributed by atoms with Crippen LogP contribution >= 0.6 is 0 Å². The van der Waals surface area contributed by atoms with Gasteiger partial charge in [0.05, 0.1) is 5.41 Å². The van der Waals surface area contributed by atoms with Crippen molar-refractivity contribution in [3.8, 4) is 0 Å². The van der Waals surface area contributed by atoms with Crippen LogP contribution in [0.3, 0.4) is 0 Å². The average molecular weight is 254 g/mol. The fourth-order valence-electron chi connectivity index (χ4n) is 2.97. The molecular weight excluding hydrogens is 224 g/mol. The summed E-state index contributed by atoms with van der Waals surface area (Å²) in [4.78, 5) is 15.0. The van der Waals surface area contributed by atoms with Gasteiger partial charge in [-0.05, 0) is 32.1 Å². The predicted molar refractivity (Wildman–Crippen MR) is 76.3 cm³/mol. The van der Waals surface area contributed by atoms with Crippen LogP contribution in [0.4, 0.5) is 0 Å². The number of amides is 1. The first-order valence-corrected chi connectivity index (χ1v) is 7.66. The highest BCUT2D eigenvalue weighted by Crippen LogP contribution is 2.36. The second-order valence-corrected chi connectivity index (χ2v) is 5.71. The van der Waals surface area contributed by atoms with Gasteiger partial charge in [-0.3, -0.25) is 4.79 Å². The summed E-state index contributed by atoms with van der Waals surface area (Å²) in [6, 6.07) is 0.511. The minimum Gasteiger partial charge on any atom is -0.339 e. The average Bonchev–Trinajstić information content (AvgIpc) is 3.19. The van der Waals surface area contributed by atoms with E-state index >= 15 is 0 Å². The predicted octanol–water partition coefficient (Wildman–Crippen LogP) is 2.93. The quantitative estimate of drug-likeness (QED) is 0.687. The lowest BCUT2D eigenvalue weighted by atomic mass is 9.77. The number of carbonyl (C=O) groups is 1. The van der Waals surface area contributed by atoms with Crippen LogP contribution in [0.15, 0.2) is 0 Å². The van der Waals surface area contributed by atoms with Crippen molar-refractivity contribution in [1.82, 2.24) is 4.90 Å². The van der Waals surface area contributed by atoms with E-state index in [2.05, 4.69) is 25.7 Å². The van der Waals surface area contributed by atoms with Crippen LogP contribution in [0.25, 0.3) is 0 Å². The lowest BCUT2D eigenvalue weighted by molar-refractivity contribution is -0.143. The first-order valence-electron chi connectivity index (χ1n) is 7.66. The van der Waals surface area contributed by atoms with Crippen molar-refractivity contribution in [2.24, 2.45) is 11.1 Å². The van der Waals surface area contributed by atoms with Gasteiger partial charge in [0.15, 0.2) is 0 Å². The smallest absolute Gasteiger partial charge is 0.230 e. The maximum absolute atomic E-state index is 12.9. The van der Waals surface area contributed by atoms with E-state index in [1.54, 1.807) is 0 Å². The van der Waals surface area contributed by atoms with Gasteiger partial charge in [-0.1, -0.05) is 33.6 Å². The number of rotatable bonds is 9. The molecule has 0 atom stereocenters. The first kappa shape index (κ1) is 15.5. The highest BCUT2D eigenvalue weighted by Gasteiger charge is 2.42. The molecule has 1 aliphatic rings. The van der Waals surface area contributed by atoms with Gasteiger partial charge in [-0.2, -0.15) is 0 Å². The van der Waals surface area contributed by atoms with Gasteiger partial charge in [0.1, 0.15) is 0 Å². The normalized spacial score (nSPS) is 15.8. The van der Waals surface area contributed by atoms with Gasteiger partial charge in [-0.25, -0.2) is 0 Å². The third kappa shape index (κ3) is 3.47. The standard InChI is InChI=1S/C15H30N2O/c1-4-9-15(12-16,10-5-2)14(18)17(11-6-3)13-7-8-13/h13H,4-12,16H2,1-3H3. The third-order valence-corrected chi connectivity index (χ3v) is 4.01. The van der Waals surface area contributed by atoms with E-state index in [0.717, 1.165) is 38.6 Å². The van der Waals surface area contributed by atoms with Crippen molar-refractivity contribution in [3.05, 3.63) is 0 Å². The molecule has 18 heavy (non-hydrogen) atoms. The molecule has 0 aromatic heterocycles. The van der Waals surface area contributed by atoms with Gasteiger partial charge < -0.3 is 10.6 Å². The summed E-state index contributed by atoms with van der Waals surface area (Å²) in [5, 5.41) is 0. The lowest BCUT2D eigenvalue weighted by Crippen LogP contribution is -2.49. The number of nitrogens with two attached hydrogens (primary N) is 1. The van der Waals surface area contributed by atoms with Crippen LogP contribution in [-0.4, -0.2) is 29.9 Å². The van der Waals surface area contributed by atoms with Crippen LogP contribution in [0.5, 0.6) is 0 Å². The van der Waals surface area contributed by atoms with E-state index in [1.165, 1.54) is 12.8 Å². The minimum atomic E-state index is -0.290. The van der Waals surface area contributed by atoms with E-state index in [0.29, 0.717) is 18.5 Å². The molecule has 0 aromatic rings. The van der Waals surface area contributed by atoms with Crippen molar-refractivity contribution in [3.63, 3.8) is 0 Å². The zero-order valence-corrected chi connectivity index (χ0v) is 12.4. The van der Waals surface area contributed by atoms with Gasteiger partial charge in [0.25, 0.3) is 0 Å². The highest BCUT2D eigenvalue weighted by atomic mass is 16.2. The summed E-state index contributed by atoms with van der Waals surface area (Å²) in [6.07, 6.45) is 7.35. The summed E-state index contributed by atoms with van der Waals surface area (Å²) >= 11 is 0. The second-order valence-electron chi connectivity index (χ2n) is 5.71. The summed E-state index contributed by atoms with van der Waals surface area (Å²) in [5.74, 6) is 0.332. The van der Waals surface area contributed by atoms with Crippen LogP contribution in [-0.2, 0) is 4.79 Å². The third-order valence-electron chi connectivity index (χ3n) is 4.01. The van der Waals surface area contributed by atoms with Crippen molar-refractivity contribution < 1.29 is 4.79 Å². The van der Waals surface area contributed by atoms with E-state index in [4.69, 9.17) is 5.73 Å². The maximum Gasteiger partial charge on any atom is 0.230 e. The molecule has 1 rings (SSSR count). The summed E-state index contributed by atoms with van der Waals surface area (Å²) in [7, 11) is 0. The van der Waals surface area contributed by atoms with E-state index in [9.17, 15) is 4.79 Å². The van der Waals surface area contributed by atoms with E-state index in [-0.39, 0.29) is 5.41 Å². The Labute approximate surface area is 112 Å². The zero-order chi connectivity index (χ0) is 13.6. The molecule has 0 aliphatic heterocycles. The van der Waals surface area contributed by atoms with Gasteiger partial charge >= 0.3 is 0 Å². The fraction of sp³-hybridized carbons (Fsp3) is 0.933. The van der Waals surface area contributed by atoms with Crippen LogP contribution in [0.1, 0.15) is 65.7 Å². The molecule has 0 unspecified atom stereocenters. The Bertz CT molecular complexity index is 255. The second kappa shape index (κ2) is 7.13. The summed E-state index contributed by atoms with van der Waals surface area (Å²) < 4.78 is 0. The minimum absolute atomic E-state index is 0.290. The monoisotopic (exact) mass is 254 g/mol. The van der Waals surface area contributed by atoms with E-state index in [1.807, 2.05) is 0 Å². The number of carbonyl (C=O) groups excluding carboxylic acids is 1. The molecule has 1 aliphatic carbocycles. The molecule has 1 fully saturated rings. The molecule has 0 bridgehead atoms. The Morgan fingerprint density at radius 3 is 2.06 bits per heavy atom. The Kier molecular flexibility index (Phi) is 6.13. The van der Waals surface area contributed by atoms with Crippen molar-refractivity contribution in [1.29, 1.82) is 0 Å². The highest BCUT2D eigenvalue weighted by molar-refractivity contribution is 5.83. The molecule has 0 radical (unpaired) electrons. The molecule has 0 saturated heterocycles. The van der Waals surface area contributed by atoms with Crippen LogP contribution in [0, 0.1) is 5.41 Å². The lowest BCUT2D eigenvalue weighted by Gasteiger charge is -2.36. The molecule has 0 aromatic carbocycles. The number of nitrogens with zero attached hydrogens (tertiary/aromatic N) is 1. The van der Waals surface area contributed by atoms with Gasteiger partial charge in [0, 0.05) is 19.1 Å². The Morgan fingerprint density at radius 2 is 1.72 bits per heavy atom. The Morgan fingerprint density at radius 1 is 1.17 bits per heavy atom. The topological polar surface area (TPSA) is 46.3 Å². The molecule has 0 spiro atoms. The maximum atomic E-state index is 12.9. The molecule has 1 saturated carbocycles. The van der Waals surface area contributed by atoms with Crippen LogP contribution < -0.4 is 5.73 Å². The summed E-state index contributed by atoms with van der Waals surface area (Å²) in [5.41, 5.74) is 5.70. The van der Waals surface area contributed by atoms with Crippen molar-refractivity contribution in [2.75, 3.05) is 13.1 Å². The summed E-state index contributed by atoms with van der Waals surface area (Å²) in [6.45, 7) is 7.84. The zero-order valence-electron chi connectivity index (χ0n) is 12.4. The largest absolute Gasteiger partial charge is 0.339 e. The molecule has 2 N–H and O–H groups in total. The van der Waals surface area contributed by atoms with Gasteiger partial charge in [0.2, 0.25) is 5.91 Å². The molecular formula is C15H30N2O. The molecule has 1 amide bonds. The molecule has 3 nitrogen and oxygen atoms in total. The number of hydrogen-bond donors (Lipinski definition) is 1.